The minimum Gasteiger partial charge on any atom is -0.755 e. The van der Waals surface area contributed by atoms with Crippen molar-refractivity contribution in [2.45, 2.75) is 32.7 Å². The monoisotopic (exact) mass is 495 g/mol. The van der Waals surface area contributed by atoms with Gasteiger partial charge >= 0.3 is 6.09 Å². The second-order valence-electron chi connectivity index (χ2n) is 8.23. The van der Waals surface area contributed by atoms with E-state index in [0.717, 1.165) is 5.39 Å². The van der Waals surface area contributed by atoms with E-state index in [1.807, 2.05) is 24.3 Å². The Bertz CT molecular complexity index is 1260. The Labute approximate surface area is 206 Å². The number of benzene rings is 2. The van der Waals surface area contributed by atoms with E-state index in [0.29, 0.717) is 60.6 Å². The van der Waals surface area contributed by atoms with Crippen LogP contribution < -0.4 is 9.62 Å². The Morgan fingerprint density at radius 2 is 1.86 bits per heavy atom. The van der Waals surface area contributed by atoms with Crippen molar-refractivity contribution in [3.8, 4) is 0 Å². The predicted molar refractivity (Wildman–Crippen MR) is 134 cm³/mol. The SMILES string of the molecule is CCOC(=O)N1CCC(N(c2ccc(NC(=O)c3cccnc3C)c3ccccc23)S(=O)[O-])CC1. The molecule has 35 heavy (non-hydrogen) atoms. The zero-order valence-corrected chi connectivity index (χ0v) is 20.4. The Hall–Kier alpha value is -3.50. The highest BCUT2D eigenvalue weighted by Crippen LogP contribution is 2.36. The number of carbonyl (C=O) groups excluding carboxylic acids is 2. The van der Waals surface area contributed by atoms with Gasteiger partial charge in [0.25, 0.3) is 5.91 Å². The van der Waals surface area contributed by atoms with Gasteiger partial charge in [0, 0.05) is 58.7 Å². The van der Waals surface area contributed by atoms with Gasteiger partial charge < -0.3 is 19.5 Å². The number of rotatable bonds is 6. The van der Waals surface area contributed by atoms with Crippen molar-refractivity contribution in [3.05, 3.63) is 66.0 Å². The zero-order valence-electron chi connectivity index (χ0n) is 19.6. The van der Waals surface area contributed by atoms with Crippen LogP contribution in [0.25, 0.3) is 10.8 Å². The predicted octanol–water partition coefficient (Wildman–Crippen LogP) is 4.02. The topological polar surface area (TPSA) is 115 Å². The first-order chi connectivity index (χ1) is 16.9. The summed E-state index contributed by atoms with van der Waals surface area (Å²) in [6, 6.07) is 13.9. The number of hydrogen-bond acceptors (Lipinski definition) is 6. The number of aryl methyl sites for hydroxylation is 1. The molecule has 0 bridgehead atoms. The minimum atomic E-state index is -2.53. The van der Waals surface area contributed by atoms with Crippen LogP contribution in [0.15, 0.2) is 54.7 Å². The summed E-state index contributed by atoms with van der Waals surface area (Å²) < 4.78 is 31.2. The summed E-state index contributed by atoms with van der Waals surface area (Å²) in [6.45, 7) is 4.64. The van der Waals surface area contributed by atoms with E-state index in [-0.39, 0.29) is 18.0 Å². The molecule has 0 spiro atoms. The quantitative estimate of drug-likeness (QED) is 0.517. The molecule has 2 aromatic carbocycles. The van der Waals surface area contributed by atoms with Crippen LogP contribution in [-0.4, -0.2) is 56.4 Å². The van der Waals surface area contributed by atoms with Crippen LogP contribution in [0.1, 0.15) is 35.8 Å². The molecule has 0 radical (unpaired) electrons. The molecule has 1 N–H and O–H groups in total. The molecular weight excluding hydrogens is 468 g/mol. The van der Waals surface area contributed by atoms with Crippen LogP contribution in [0.2, 0.25) is 0 Å². The molecular formula is C25H27N4O5S-. The number of anilines is 2. The Morgan fingerprint density at radius 3 is 2.51 bits per heavy atom. The molecule has 1 atom stereocenters. The van der Waals surface area contributed by atoms with Crippen molar-refractivity contribution in [2.24, 2.45) is 0 Å². The van der Waals surface area contributed by atoms with Crippen molar-refractivity contribution >= 4 is 45.4 Å². The second kappa shape index (κ2) is 10.8. The van der Waals surface area contributed by atoms with Crippen molar-refractivity contribution in [1.29, 1.82) is 0 Å². The highest BCUT2D eigenvalue weighted by Gasteiger charge is 2.29. The van der Waals surface area contributed by atoms with Gasteiger partial charge in [0.2, 0.25) is 0 Å². The first-order valence-electron chi connectivity index (χ1n) is 11.5. The first-order valence-corrected chi connectivity index (χ1v) is 12.5. The molecule has 2 amide bonds. The third kappa shape index (κ3) is 5.28. The molecule has 2 heterocycles. The molecule has 1 aliphatic rings. The number of fused-ring (bicyclic) bond motifs is 1. The van der Waals surface area contributed by atoms with Crippen LogP contribution in [-0.2, 0) is 16.0 Å². The maximum Gasteiger partial charge on any atom is 0.409 e. The maximum absolute atomic E-state index is 12.9. The van der Waals surface area contributed by atoms with E-state index in [2.05, 4.69) is 10.3 Å². The number of hydrogen-bond donors (Lipinski definition) is 1. The number of ether oxygens (including phenoxy) is 1. The fourth-order valence-electron chi connectivity index (χ4n) is 4.39. The van der Waals surface area contributed by atoms with Crippen LogP contribution in [0, 0.1) is 6.92 Å². The average Bonchev–Trinajstić information content (AvgIpc) is 2.86. The lowest BCUT2D eigenvalue weighted by Crippen LogP contribution is -2.47. The highest BCUT2D eigenvalue weighted by atomic mass is 32.2. The number of amides is 2. The maximum atomic E-state index is 12.9. The summed E-state index contributed by atoms with van der Waals surface area (Å²) in [5.41, 5.74) is 2.19. The zero-order chi connectivity index (χ0) is 24.9. The first kappa shape index (κ1) is 24.6. The fraction of sp³-hybridized carbons (Fsp3) is 0.320. The number of aromatic nitrogens is 1. The van der Waals surface area contributed by atoms with Crippen molar-refractivity contribution in [2.75, 3.05) is 29.3 Å². The molecule has 1 fully saturated rings. The number of carbonyl (C=O) groups is 2. The Morgan fingerprint density at radius 1 is 1.14 bits per heavy atom. The molecule has 10 heteroatoms. The molecule has 0 aliphatic carbocycles. The standard InChI is InChI=1S/C25H28N4O5S/c1-3-34-25(31)28-15-12-18(13-16-28)29(35(32)33)23-11-10-22(20-7-4-5-8-21(20)23)27-24(30)19-9-6-14-26-17(19)2/h4-11,14,18H,3,12-13,15-16H2,1-2H3,(H,27,30)(H,32,33)/p-1. The van der Waals surface area contributed by atoms with E-state index in [4.69, 9.17) is 4.74 Å². The highest BCUT2D eigenvalue weighted by molar-refractivity contribution is 7.80. The van der Waals surface area contributed by atoms with Crippen molar-refractivity contribution < 1.29 is 23.1 Å². The molecule has 1 unspecified atom stereocenters. The molecule has 0 saturated carbocycles. The number of likely N-dealkylation sites (tertiary alicyclic amines) is 1. The Kier molecular flexibility index (Phi) is 7.62. The largest absolute Gasteiger partial charge is 0.755 e. The lowest BCUT2D eigenvalue weighted by Gasteiger charge is -2.40. The number of nitrogens with zero attached hydrogens (tertiary/aromatic N) is 3. The number of nitrogens with one attached hydrogen (secondary N) is 1. The van der Waals surface area contributed by atoms with Gasteiger partial charge in [-0.2, -0.15) is 0 Å². The lowest BCUT2D eigenvalue weighted by atomic mass is 10.0. The number of piperidine rings is 1. The molecule has 9 nitrogen and oxygen atoms in total. The molecule has 1 aromatic heterocycles. The molecule has 4 rings (SSSR count). The summed E-state index contributed by atoms with van der Waals surface area (Å²) in [7, 11) is 0. The summed E-state index contributed by atoms with van der Waals surface area (Å²) in [5.74, 6) is -0.288. The van der Waals surface area contributed by atoms with Gasteiger partial charge in [-0.25, -0.2) is 4.79 Å². The van der Waals surface area contributed by atoms with Crippen molar-refractivity contribution in [1.82, 2.24) is 9.88 Å². The van der Waals surface area contributed by atoms with Crippen LogP contribution in [0.3, 0.4) is 0 Å². The third-order valence-electron chi connectivity index (χ3n) is 6.12. The average molecular weight is 496 g/mol. The molecule has 184 valence electrons. The van der Waals surface area contributed by atoms with Gasteiger partial charge in [0.05, 0.1) is 17.9 Å². The Balaban J connectivity index is 1.63. The molecule has 1 aliphatic heterocycles. The van der Waals surface area contributed by atoms with Crippen molar-refractivity contribution in [3.63, 3.8) is 0 Å². The summed E-state index contributed by atoms with van der Waals surface area (Å²) in [6.07, 6.45) is 2.22. The van der Waals surface area contributed by atoms with E-state index >= 15 is 0 Å². The molecule has 1 saturated heterocycles. The summed E-state index contributed by atoms with van der Waals surface area (Å²) >= 11 is -2.53. The van der Waals surface area contributed by atoms with Gasteiger partial charge in [-0.05, 0) is 51.0 Å². The van der Waals surface area contributed by atoms with Gasteiger partial charge in [-0.1, -0.05) is 24.3 Å². The summed E-state index contributed by atoms with van der Waals surface area (Å²) in [4.78, 5) is 30.7. The second-order valence-corrected chi connectivity index (χ2v) is 9.06. The van der Waals surface area contributed by atoms with Crippen LogP contribution in [0.5, 0.6) is 0 Å². The van der Waals surface area contributed by atoms with Gasteiger partial charge in [-0.3, -0.25) is 18.3 Å². The minimum absolute atomic E-state index is 0.288. The summed E-state index contributed by atoms with van der Waals surface area (Å²) in [5, 5.41) is 4.36. The van der Waals surface area contributed by atoms with Gasteiger partial charge in [-0.15, -0.1) is 0 Å². The van der Waals surface area contributed by atoms with Gasteiger partial charge in [0.1, 0.15) is 0 Å². The van der Waals surface area contributed by atoms with E-state index in [1.54, 1.807) is 49.2 Å². The van der Waals surface area contributed by atoms with E-state index in [9.17, 15) is 18.4 Å². The van der Waals surface area contributed by atoms with Crippen LogP contribution in [0.4, 0.5) is 16.2 Å². The number of pyridine rings is 1. The normalized spacial score (nSPS) is 15.0. The van der Waals surface area contributed by atoms with Gasteiger partial charge in [0.15, 0.2) is 0 Å². The van der Waals surface area contributed by atoms with E-state index in [1.165, 1.54) is 4.31 Å². The lowest BCUT2D eigenvalue weighted by molar-refractivity contribution is 0.0975. The third-order valence-corrected chi connectivity index (χ3v) is 6.94. The van der Waals surface area contributed by atoms with Crippen LogP contribution >= 0.6 is 0 Å². The smallest absolute Gasteiger partial charge is 0.409 e. The van der Waals surface area contributed by atoms with E-state index < -0.39 is 11.3 Å². The fourth-order valence-corrected chi connectivity index (χ4v) is 5.17. The molecule has 3 aromatic rings.